The molecule has 0 unspecified atom stereocenters. The Kier molecular flexibility index (Phi) is 3.90. The van der Waals surface area contributed by atoms with Crippen LogP contribution in [0.2, 0.25) is 0 Å². The van der Waals surface area contributed by atoms with Gasteiger partial charge in [0, 0.05) is 13.6 Å². The van der Waals surface area contributed by atoms with Gasteiger partial charge in [-0.05, 0) is 19.3 Å². The Morgan fingerprint density at radius 3 is 2.67 bits per heavy atom. The maximum atomic E-state index is 11.7. The molecule has 86 valence electrons. The number of rotatable bonds is 2. The fraction of sp³-hybridized carbons (Fsp3) is 0.778. The molecule has 0 aromatic rings. The molecule has 0 aromatic heterocycles. The molecular weight excluding hydrogens is 200 g/mol. The zero-order valence-electron chi connectivity index (χ0n) is 8.97. The number of nitrogens with zero attached hydrogens (tertiary/aromatic N) is 2. The van der Waals surface area contributed by atoms with Gasteiger partial charge in [-0.25, -0.2) is 9.86 Å². The molecule has 1 fully saturated rings. The third kappa shape index (κ3) is 2.59. The largest absolute Gasteiger partial charge is 0.465 e. The highest BCUT2D eigenvalue weighted by Gasteiger charge is 2.33. The van der Waals surface area contributed by atoms with Crippen LogP contribution in [-0.4, -0.2) is 53.8 Å². The van der Waals surface area contributed by atoms with Gasteiger partial charge in [-0.3, -0.25) is 14.5 Å². The molecule has 0 aliphatic carbocycles. The third-order valence-electron chi connectivity index (χ3n) is 2.62. The van der Waals surface area contributed by atoms with Gasteiger partial charge in [0.25, 0.3) is 5.91 Å². The number of carbonyl (C=O) groups is 2. The van der Waals surface area contributed by atoms with Crippen LogP contribution in [-0.2, 0) is 9.63 Å². The van der Waals surface area contributed by atoms with Crippen molar-refractivity contribution in [1.29, 1.82) is 0 Å². The van der Waals surface area contributed by atoms with E-state index in [1.54, 1.807) is 0 Å². The maximum Gasteiger partial charge on any atom is 0.407 e. The second-order valence-electron chi connectivity index (χ2n) is 3.51. The standard InChI is InChI=1S/C9H16N2O4/c1-10(15-2)8(12)7-5-3-4-6-11(7)9(13)14/h7H,3-6H2,1-2H3,(H,13,14)/t7-/m1/s1. The Morgan fingerprint density at radius 2 is 2.13 bits per heavy atom. The summed E-state index contributed by atoms with van der Waals surface area (Å²) in [6, 6.07) is -0.596. The highest BCUT2D eigenvalue weighted by atomic mass is 16.7. The van der Waals surface area contributed by atoms with E-state index >= 15 is 0 Å². The molecule has 0 bridgehead atoms. The number of amides is 2. The average molecular weight is 216 g/mol. The molecule has 0 spiro atoms. The molecule has 1 saturated heterocycles. The molecule has 15 heavy (non-hydrogen) atoms. The lowest BCUT2D eigenvalue weighted by molar-refractivity contribution is -0.175. The lowest BCUT2D eigenvalue weighted by atomic mass is 10.0. The zero-order chi connectivity index (χ0) is 11.4. The van der Waals surface area contributed by atoms with Crippen molar-refractivity contribution in [2.24, 2.45) is 0 Å². The van der Waals surface area contributed by atoms with E-state index in [0.29, 0.717) is 13.0 Å². The molecule has 1 heterocycles. The Balaban J connectivity index is 2.71. The van der Waals surface area contributed by atoms with Crippen LogP contribution in [0.25, 0.3) is 0 Å². The molecular formula is C9H16N2O4. The van der Waals surface area contributed by atoms with E-state index in [2.05, 4.69) is 0 Å². The van der Waals surface area contributed by atoms with E-state index in [4.69, 9.17) is 9.94 Å². The van der Waals surface area contributed by atoms with Gasteiger partial charge in [-0.1, -0.05) is 0 Å². The first kappa shape index (κ1) is 11.8. The molecule has 1 aliphatic rings. The Labute approximate surface area is 88.4 Å². The fourth-order valence-corrected chi connectivity index (χ4v) is 1.72. The van der Waals surface area contributed by atoms with Gasteiger partial charge >= 0.3 is 6.09 Å². The highest BCUT2D eigenvalue weighted by molar-refractivity contribution is 5.84. The van der Waals surface area contributed by atoms with Gasteiger partial charge in [-0.15, -0.1) is 0 Å². The highest BCUT2D eigenvalue weighted by Crippen LogP contribution is 2.18. The summed E-state index contributed by atoms with van der Waals surface area (Å²) in [5.41, 5.74) is 0. The van der Waals surface area contributed by atoms with Crippen LogP contribution < -0.4 is 0 Å². The number of carbonyl (C=O) groups excluding carboxylic acids is 1. The van der Waals surface area contributed by atoms with Crippen molar-refractivity contribution in [2.75, 3.05) is 20.7 Å². The van der Waals surface area contributed by atoms with Crippen molar-refractivity contribution < 1.29 is 19.5 Å². The number of hydrogen-bond acceptors (Lipinski definition) is 3. The van der Waals surface area contributed by atoms with Gasteiger partial charge in [-0.2, -0.15) is 0 Å². The lowest BCUT2D eigenvalue weighted by Gasteiger charge is -2.33. The van der Waals surface area contributed by atoms with Crippen LogP contribution in [0.1, 0.15) is 19.3 Å². The lowest BCUT2D eigenvalue weighted by Crippen LogP contribution is -2.51. The summed E-state index contributed by atoms with van der Waals surface area (Å²) in [6.45, 7) is 0.420. The smallest absolute Gasteiger partial charge is 0.407 e. The number of likely N-dealkylation sites (tertiary alicyclic amines) is 1. The third-order valence-corrected chi connectivity index (χ3v) is 2.62. The number of piperidine rings is 1. The average Bonchev–Trinajstić information content (AvgIpc) is 2.27. The van der Waals surface area contributed by atoms with Crippen molar-refractivity contribution in [2.45, 2.75) is 25.3 Å². The van der Waals surface area contributed by atoms with Crippen LogP contribution in [0, 0.1) is 0 Å². The van der Waals surface area contributed by atoms with Crippen molar-refractivity contribution in [3.8, 4) is 0 Å². The normalized spacial score (nSPS) is 21.2. The maximum absolute atomic E-state index is 11.7. The Hall–Kier alpha value is -1.30. The van der Waals surface area contributed by atoms with Gasteiger partial charge < -0.3 is 5.11 Å². The topological polar surface area (TPSA) is 70.1 Å². The van der Waals surface area contributed by atoms with E-state index in [9.17, 15) is 9.59 Å². The van der Waals surface area contributed by atoms with E-state index in [-0.39, 0.29) is 5.91 Å². The minimum Gasteiger partial charge on any atom is -0.465 e. The van der Waals surface area contributed by atoms with E-state index in [0.717, 1.165) is 17.9 Å². The van der Waals surface area contributed by atoms with Crippen LogP contribution in [0.3, 0.4) is 0 Å². The summed E-state index contributed by atoms with van der Waals surface area (Å²) in [6.07, 6.45) is 1.21. The Bertz CT molecular complexity index is 256. The SMILES string of the molecule is CON(C)C(=O)[C@H]1CCCCN1C(=O)O. The summed E-state index contributed by atoms with van der Waals surface area (Å²) in [4.78, 5) is 28.6. The van der Waals surface area contributed by atoms with Crippen LogP contribution in [0.4, 0.5) is 4.79 Å². The number of hydrogen-bond donors (Lipinski definition) is 1. The Morgan fingerprint density at radius 1 is 1.47 bits per heavy atom. The van der Waals surface area contributed by atoms with Crippen LogP contribution in [0.5, 0.6) is 0 Å². The summed E-state index contributed by atoms with van der Waals surface area (Å²) in [5, 5.41) is 10.0. The van der Waals surface area contributed by atoms with Gasteiger partial charge in [0.05, 0.1) is 7.11 Å². The molecule has 0 radical (unpaired) electrons. The zero-order valence-corrected chi connectivity index (χ0v) is 8.97. The van der Waals surface area contributed by atoms with E-state index < -0.39 is 12.1 Å². The molecule has 1 atom stereocenters. The monoisotopic (exact) mass is 216 g/mol. The molecule has 6 nitrogen and oxygen atoms in total. The molecule has 6 heteroatoms. The van der Waals surface area contributed by atoms with Gasteiger partial charge in [0.15, 0.2) is 0 Å². The molecule has 0 saturated carbocycles. The van der Waals surface area contributed by atoms with Crippen molar-refractivity contribution >= 4 is 12.0 Å². The second-order valence-corrected chi connectivity index (χ2v) is 3.51. The first-order valence-corrected chi connectivity index (χ1v) is 4.89. The summed E-state index contributed by atoms with van der Waals surface area (Å²) >= 11 is 0. The number of carboxylic acid groups (broad SMARTS) is 1. The van der Waals surface area contributed by atoms with E-state index in [1.807, 2.05) is 0 Å². The van der Waals surface area contributed by atoms with Crippen LogP contribution >= 0.6 is 0 Å². The molecule has 2 amide bonds. The van der Waals surface area contributed by atoms with Crippen molar-refractivity contribution in [3.63, 3.8) is 0 Å². The summed E-state index contributed by atoms with van der Waals surface area (Å²) in [5.74, 6) is -0.306. The van der Waals surface area contributed by atoms with Crippen LogP contribution in [0.15, 0.2) is 0 Å². The van der Waals surface area contributed by atoms with Gasteiger partial charge in [0.1, 0.15) is 6.04 Å². The summed E-state index contributed by atoms with van der Waals surface area (Å²) in [7, 11) is 2.86. The number of hydroxylamine groups is 2. The quantitative estimate of drug-likeness (QED) is 0.684. The predicted octanol–water partition coefficient (Wildman–Crippen LogP) is 0.539. The molecule has 1 rings (SSSR count). The molecule has 0 aromatic carbocycles. The molecule has 1 aliphatic heterocycles. The summed E-state index contributed by atoms with van der Waals surface area (Å²) < 4.78 is 0. The van der Waals surface area contributed by atoms with Crippen molar-refractivity contribution in [3.05, 3.63) is 0 Å². The van der Waals surface area contributed by atoms with Crippen molar-refractivity contribution in [1.82, 2.24) is 9.96 Å². The first-order valence-electron chi connectivity index (χ1n) is 4.89. The number of likely N-dealkylation sites (N-methyl/N-ethyl adjacent to an activating group) is 1. The minimum absolute atomic E-state index is 0.306. The van der Waals surface area contributed by atoms with E-state index in [1.165, 1.54) is 19.1 Å². The second kappa shape index (κ2) is 4.97. The predicted molar refractivity (Wildman–Crippen MR) is 52.1 cm³/mol. The fourth-order valence-electron chi connectivity index (χ4n) is 1.72. The minimum atomic E-state index is -1.04. The first-order chi connectivity index (χ1) is 7.07. The van der Waals surface area contributed by atoms with Gasteiger partial charge in [0.2, 0.25) is 0 Å². The molecule has 1 N–H and O–H groups in total.